The van der Waals surface area contributed by atoms with Crippen LogP contribution in [-0.4, -0.2) is 96.7 Å². The first-order valence-electron chi connectivity index (χ1n) is 38.5. The first-order chi connectivity index (χ1) is 44.9. The molecule has 3 unspecified atom stereocenters. The zero-order valence-electron chi connectivity index (χ0n) is 60.6. The number of unbranched alkanes of at least 4 members (excludes halogenated alkanes) is 42. The van der Waals surface area contributed by atoms with E-state index in [1.165, 1.54) is 186 Å². The van der Waals surface area contributed by atoms with Crippen molar-refractivity contribution in [2.45, 2.75) is 400 Å². The lowest BCUT2D eigenvalue weighted by atomic mass is 9.99. The van der Waals surface area contributed by atoms with Crippen molar-refractivity contribution in [1.29, 1.82) is 0 Å². The zero-order valence-corrected chi connectivity index (χ0v) is 62.3. The summed E-state index contributed by atoms with van der Waals surface area (Å²) in [6.07, 6.45) is 52.9. The summed E-state index contributed by atoms with van der Waals surface area (Å²) in [6, 6.07) is 0. The lowest BCUT2D eigenvalue weighted by molar-refractivity contribution is -0.161. The highest BCUT2D eigenvalue weighted by Crippen LogP contribution is 2.45. The van der Waals surface area contributed by atoms with Crippen molar-refractivity contribution < 1.29 is 80.2 Å². The lowest BCUT2D eigenvalue weighted by Gasteiger charge is -2.21. The van der Waals surface area contributed by atoms with Gasteiger partial charge in [0.15, 0.2) is 12.2 Å². The Morgan fingerprint density at radius 1 is 0.312 bits per heavy atom. The molecule has 6 atom stereocenters. The Labute approximate surface area is 568 Å². The Kier molecular flexibility index (Phi) is 64.6. The van der Waals surface area contributed by atoms with Crippen molar-refractivity contribution in [3.8, 4) is 0 Å². The summed E-state index contributed by atoms with van der Waals surface area (Å²) < 4.78 is 68.3. The van der Waals surface area contributed by atoms with Crippen molar-refractivity contribution in [3.63, 3.8) is 0 Å². The van der Waals surface area contributed by atoms with Crippen LogP contribution in [0.3, 0.4) is 0 Å². The van der Waals surface area contributed by atoms with Gasteiger partial charge in [-0.1, -0.05) is 330 Å². The maximum atomic E-state index is 13.1. The Bertz CT molecular complexity index is 1810. The van der Waals surface area contributed by atoms with Gasteiger partial charge in [0.05, 0.1) is 26.4 Å². The van der Waals surface area contributed by atoms with Crippen molar-refractivity contribution in [3.05, 3.63) is 0 Å². The Morgan fingerprint density at radius 3 is 0.817 bits per heavy atom. The summed E-state index contributed by atoms with van der Waals surface area (Å²) in [4.78, 5) is 72.5. The van der Waals surface area contributed by atoms with Crippen LogP contribution < -0.4 is 0 Å². The molecule has 0 aromatic carbocycles. The van der Waals surface area contributed by atoms with Gasteiger partial charge in [0, 0.05) is 25.7 Å². The number of ether oxygens (including phenoxy) is 4. The minimum Gasteiger partial charge on any atom is -0.462 e. The number of carbonyl (C=O) groups is 4. The number of phosphoric acid groups is 2. The van der Waals surface area contributed by atoms with Gasteiger partial charge in [-0.2, -0.15) is 0 Å². The molecule has 0 aliphatic heterocycles. The van der Waals surface area contributed by atoms with Crippen LogP contribution in [0.2, 0.25) is 0 Å². The van der Waals surface area contributed by atoms with Crippen molar-refractivity contribution in [2.75, 3.05) is 39.6 Å². The third-order valence-electron chi connectivity index (χ3n) is 17.6. The van der Waals surface area contributed by atoms with E-state index < -0.39 is 97.5 Å². The standard InChI is InChI=1S/C74H144O17P2/c1-7-10-12-14-16-17-18-28-33-40-46-52-58-73(78)90-69(62-84-71(76)56-50-44-36-15-13-11-8-2)64-88-92(80,81)86-60-68(75)61-87-93(82,83)89-65-70(63-85-72(77)57-51-45-39-35-30-31-37-42-48-54-66(4)5)91-74(79)59-53-47-41-34-29-26-24-22-20-19-21-23-25-27-32-38-43-49-55-67(6)9-3/h66-70,75H,7-65H2,1-6H3,(H,80,81)(H,82,83)/t67?,68-,69+,70+/m0/s1. The van der Waals surface area contributed by atoms with E-state index in [0.29, 0.717) is 25.7 Å². The molecule has 93 heavy (non-hydrogen) atoms. The van der Waals surface area contributed by atoms with Gasteiger partial charge in [-0.05, 0) is 37.5 Å². The number of esters is 4. The highest BCUT2D eigenvalue weighted by Gasteiger charge is 2.30. The summed E-state index contributed by atoms with van der Waals surface area (Å²) in [7, 11) is -9.90. The van der Waals surface area contributed by atoms with Gasteiger partial charge in [-0.25, -0.2) is 9.13 Å². The molecule has 0 aliphatic rings. The summed E-state index contributed by atoms with van der Waals surface area (Å²) in [5.74, 6) is -0.509. The molecule has 0 fully saturated rings. The Balaban J connectivity index is 5.14. The minimum absolute atomic E-state index is 0.107. The predicted octanol–water partition coefficient (Wildman–Crippen LogP) is 21.6. The normalized spacial score (nSPS) is 14.3. The SMILES string of the molecule is CCCCCCCCCCCCCCC(=O)O[C@H](COC(=O)CCCCCCCCC)COP(=O)(O)OC[C@H](O)COP(=O)(O)OC[C@@H](COC(=O)CCCCCCCCCCCC(C)C)OC(=O)CCCCCCCCCCCCCCCCCCCCC(C)CC. The third-order valence-corrected chi connectivity index (χ3v) is 19.5. The van der Waals surface area contributed by atoms with E-state index in [-0.39, 0.29) is 25.7 Å². The molecule has 0 heterocycles. The highest BCUT2D eigenvalue weighted by atomic mass is 31.2. The number of phosphoric ester groups is 2. The average molecular weight is 1370 g/mol. The average Bonchev–Trinajstić information content (AvgIpc) is 1.79. The van der Waals surface area contributed by atoms with E-state index in [9.17, 15) is 43.2 Å². The maximum absolute atomic E-state index is 13.1. The van der Waals surface area contributed by atoms with Gasteiger partial charge in [0.25, 0.3) is 0 Å². The van der Waals surface area contributed by atoms with E-state index in [1.54, 1.807) is 0 Å². The summed E-state index contributed by atoms with van der Waals surface area (Å²) >= 11 is 0. The van der Waals surface area contributed by atoms with Gasteiger partial charge >= 0.3 is 39.5 Å². The molecule has 0 radical (unpaired) electrons. The van der Waals surface area contributed by atoms with Gasteiger partial charge in [0.1, 0.15) is 19.3 Å². The first kappa shape index (κ1) is 91.1. The van der Waals surface area contributed by atoms with E-state index in [1.807, 2.05) is 0 Å². The zero-order chi connectivity index (χ0) is 68.6. The molecule has 0 spiro atoms. The van der Waals surface area contributed by atoms with Crippen LogP contribution in [0.15, 0.2) is 0 Å². The second kappa shape index (κ2) is 66.0. The van der Waals surface area contributed by atoms with Crippen LogP contribution >= 0.6 is 15.6 Å². The molecule has 3 N–H and O–H groups in total. The van der Waals surface area contributed by atoms with E-state index in [2.05, 4.69) is 41.5 Å². The van der Waals surface area contributed by atoms with E-state index in [4.69, 9.17) is 37.0 Å². The molecule has 0 rings (SSSR count). The smallest absolute Gasteiger partial charge is 0.462 e. The number of hydrogen-bond donors (Lipinski definition) is 3. The van der Waals surface area contributed by atoms with E-state index in [0.717, 1.165) is 115 Å². The number of hydrogen-bond acceptors (Lipinski definition) is 15. The molecule has 0 aromatic heterocycles. The quantitative estimate of drug-likeness (QED) is 0.0222. The number of carbonyl (C=O) groups excluding carboxylic acids is 4. The fourth-order valence-electron chi connectivity index (χ4n) is 11.3. The molecule has 0 aliphatic carbocycles. The van der Waals surface area contributed by atoms with Crippen LogP contribution in [-0.2, 0) is 65.4 Å². The second-order valence-corrected chi connectivity index (χ2v) is 30.3. The monoisotopic (exact) mass is 1370 g/mol. The molecular formula is C74H144O17P2. The van der Waals surface area contributed by atoms with Gasteiger partial charge < -0.3 is 33.8 Å². The minimum atomic E-state index is -4.95. The second-order valence-electron chi connectivity index (χ2n) is 27.4. The van der Waals surface area contributed by atoms with Crippen LogP contribution in [0.1, 0.15) is 382 Å². The van der Waals surface area contributed by atoms with E-state index >= 15 is 0 Å². The molecule has 0 saturated carbocycles. The predicted molar refractivity (Wildman–Crippen MR) is 377 cm³/mol. The van der Waals surface area contributed by atoms with Crippen molar-refractivity contribution >= 4 is 39.5 Å². The summed E-state index contributed by atoms with van der Waals surface area (Å²) in [5, 5.41) is 10.6. The van der Waals surface area contributed by atoms with Crippen LogP contribution in [0, 0.1) is 11.8 Å². The van der Waals surface area contributed by atoms with Gasteiger partial charge in [-0.3, -0.25) is 37.3 Å². The number of aliphatic hydroxyl groups is 1. The van der Waals surface area contributed by atoms with Gasteiger partial charge in [0.2, 0.25) is 0 Å². The lowest BCUT2D eigenvalue weighted by Crippen LogP contribution is -2.30. The Morgan fingerprint density at radius 2 is 0.548 bits per heavy atom. The van der Waals surface area contributed by atoms with Crippen LogP contribution in [0.4, 0.5) is 0 Å². The number of aliphatic hydroxyl groups excluding tert-OH is 1. The van der Waals surface area contributed by atoms with Crippen molar-refractivity contribution in [2.24, 2.45) is 11.8 Å². The molecule has 17 nitrogen and oxygen atoms in total. The van der Waals surface area contributed by atoms with Crippen LogP contribution in [0.5, 0.6) is 0 Å². The molecular weight excluding hydrogens is 1220 g/mol. The molecule has 0 bridgehead atoms. The topological polar surface area (TPSA) is 237 Å². The molecule has 0 aromatic rings. The molecule has 0 amide bonds. The third kappa shape index (κ3) is 67.0. The molecule has 19 heteroatoms. The highest BCUT2D eigenvalue weighted by molar-refractivity contribution is 7.47. The summed E-state index contributed by atoms with van der Waals surface area (Å²) in [6.45, 7) is 9.58. The molecule has 552 valence electrons. The fourth-order valence-corrected chi connectivity index (χ4v) is 12.8. The van der Waals surface area contributed by atoms with Crippen molar-refractivity contribution in [1.82, 2.24) is 0 Å². The first-order valence-corrected chi connectivity index (χ1v) is 41.5. The summed E-state index contributed by atoms with van der Waals surface area (Å²) in [5.41, 5.74) is 0. The maximum Gasteiger partial charge on any atom is 0.472 e. The number of rotatable bonds is 73. The van der Waals surface area contributed by atoms with Gasteiger partial charge in [-0.15, -0.1) is 0 Å². The molecule has 0 saturated heterocycles. The fraction of sp³-hybridized carbons (Fsp3) is 0.946. The largest absolute Gasteiger partial charge is 0.472 e. The van der Waals surface area contributed by atoms with Crippen LogP contribution in [0.25, 0.3) is 0 Å². The Hall–Kier alpha value is -1.94.